The van der Waals surface area contributed by atoms with Crippen molar-refractivity contribution >= 4 is 27.6 Å². The minimum Gasteiger partial charge on any atom is -0.495 e. The molecule has 0 aliphatic carbocycles. The fourth-order valence-corrected chi connectivity index (χ4v) is 5.74. The number of morpholine rings is 1. The highest BCUT2D eigenvalue weighted by atomic mass is 32.2. The summed E-state index contributed by atoms with van der Waals surface area (Å²) in [6.07, 6.45) is 1.55. The maximum atomic E-state index is 12.7. The molecular formula is C25H32N4O6S. The van der Waals surface area contributed by atoms with Crippen molar-refractivity contribution in [2.45, 2.75) is 17.7 Å². The van der Waals surface area contributed by atoms with Crippen LogP contribution in [0.4, 0.5) is 10.5 Å². The van der Waals surface area contributed by atoms with Gasteiger partial charge >= 0.3 is 6.03 Å². The molecule has 2 heterocycles. The van der Waals surface area contributed by atoms with Crippen LogP contribution in [0.5, 0.6) is 5.75 Å². The third-order valence-electron chi connectivity index (χ3n) is 6.53. The van der Waals surface area contributed by atoms with Crippen LogP contribution in [-0.2, 0) is 14.8 Å². The van der Waals surface area contributed by atoms with Crippen LogP contribution in [0, 0.1) is 5.92 Å². The number of nitrogens with one attached hydrogen (secondary N) is 2. The number of sulfonamides is 1. The smallest absolute Gasteiger partial charge is 0.321 e. The van der Waals surface area contributed by atoms with Crippen molar-refractivity contribution in [1.82, 2.24) is 14.5 Å². The number of methoxy groups -OCH3 is 1. The van der Waals surface area contributed by atoms with Gasteiger partial charge in [-0.05, 0) is 55.2 Å². The number of carbonyl (C=O) groups is 2. The summed E-state index contributed by atoms with van der Waals surface area (Å²) in [6, 6.07) is 13.1. The average Bonchev–Trinajstić information content (AvgIpc) is 2.93. The van der Waals surface area contributed by atoms with Crippen LogP contribution in [0.2, 0.25) is 0 Å². The average molecular weight is 517 g/mol. The van der Waals surface area contributed by atoms with Crippen LogP contribution in [0.25, 0.3) is 0 Å². The Morgan fingerprint density at radius 3 is 2.33 bits per heavy atom. The van der Waals surface area contributed by atoms with E-state index >= 15 is 0 Å². The molecule has 194 valence electrons. The summed E-state index contributed by atoms with van der Waals surface area (Å²) in [6.45, 7) is 3.09. The maximum Gasteiger partial charge on any atom is 0.321 e. The van der Waals surface area contributed by atoms with Crippen molar-refractivity contribution in [3.63, 3.8) is 0 Å². The van der Waals surface area contributed by atoms with Gasteiger partial charge in [-0.3, -0.25) is 4.79 Å². The molecule has 2 fully saturated rings. The molecule has 4 rings (SSSR count). The van der Waals surface area contributed by atoms with Crippen LogP contribution >= 0.6 is 0 Å². The van der Waals surface area contributed by atoms with Crippen LogP contribution in [0.1, 0.15) is 23.2 Å². The molecule has 0 atom stereocenters. The van der Waals surface area contributed by atoms with Crippen LogP contribution < -0.4 is 15.4 Å². The zero-order chi connectivity index (χ0) is 25.5. The third-order valence-corrected chi connectivity index (χ3v) is 8.44. The minimum absolute atomic E-state index is 0.166. The molecule has 3 amide bonds. The Labute approximate surface area is 211 Å². The Balaban J connectivity index is 1.23. The van der Waals surface area contributed by atoms with E-state index in [0.29, 0.717) is 62.9 Å². The number of ether oxygens (including phenoxy) is 2. The van der Waals surface area contributed by atoms with Gasteiger partial charge in [-0.1, -0.05) is 12.1 Å². The topological polar surface area (TPSA) is 117 Å². The van der Waals surface area contributed by atoms with Crippen LogP contribution in [-0.4, -0.2) is 82.6 Å². The van der Waals surface area contributed by atoms with Gasteiger partial charge in [0.05, 0.1) is 30.9 Å². The van der Waals surface area contributed by atoms with Crippen molar-refractivity contribution in [3.05, 3.63) is 54.1 Å². The van der Waals surface area contributed by atoms with Gasteiger partial charge in [0.1, 0.15) is 5.75 Å². The molecule has 10 nitrogen and oxygen atoms in total. The first-order valence-corrected chi connectivity index (χ1v) is 13.5. The lowest BCUT2D eigenvalue weighted by Crippen LogP contribution is -2.43. The van der Waals surface area contributed by atoms with Gasteiger partial charge in [-0.2, -0.15) is 4.31 Å². The SMILES string of the molecule is COc1ccccc1NC(=O)N1CCC(CNC(=O)c2ccc(S(=O)(=O)N3CCOCC3)cc2)CC1. The number of hydrogen-bond acceptors (Lipinski definition) is 6. The largest absolute Gasteiger partial charge is 0.495 e. The lowest BCUT2D eigenvalue weighted by Gasteiger charge is -2.32. The van der Waals surface area contributed by atoms with Crippen molar-refractivity contribution in [1.29, 1.82) is 0 Å². The molecule has 11 heteroatoms. The number of piperidine rings is 1. The molecule has 36 heavy (non-hydrogen) atoms. The highest BCUT2D eigenvalue weighted by molar-refractivity contribution is 7.89. The van der Waals surface area contributed by atoms with E-state index in [2.05, 4.69) is 10.6 Å². The number of amides is 3. The Morgan fingerprint density at radius 1 is 1.00 bits per heavy atom. The van der Waals surface area contributed by atoms with E-state index in [1.807, 2.05) is 12.1 Å². The van der Waals surface area contributed by atoms with Gasteiger partial charge < -0.3 is 25.0 Å². The number of carbonyl (C=O) groups excluding carboxylic acids is 2. The first-order valence-electron chi connectivity index (χ1n) is 12.0. The molecule has 0 radical (unpaired) electrons. The number of likely N-dealkylation sites (tertiary alicyclic amines) is 1. The summed E-state index contributed by atoms with van der Waals surface area (Å²) in [7, 11) is -2.03. The third kappa shape index (κ3) is 6.15. The van der Waals surface area contributed by atoms with Gasteiger partial charge in [-0.15, -0.1) is 0 Å². The van der Waals surface area contributed by atoms with E-state index in [-0.39, 0.29) is 22.8 Å². The normalized spacial score (nSPS) is 17.4. The summed E-state index contributed by atoms with van der Waals surface area (Å²) in [5.41, 5.74) is 1.03. The molecule has 2 aliphatic rings. The van der Waals surface area contributed by atoms with E-state index in [4.69, 9.17) is 9.47 Å². The van der Waals surface area contributed by atoms with E-state index < -0.39 is 10.0 Å². The Kier molecular flexibility index (Phi) is 8.44. The first-order chi connectivity index (χ1) is 17.4. The molecule has 2 N–H and O–H groups in total. The zero-order valence-electron chi connectivity index (χ0n) is 20.3. The molecule has 0 spiro atoms. The maximum absolute atomic E-state index is 12.7. The highest BCUT2D eigenvalue weighted by Gasteiger charge is 2.27. The quantitative estimate of drug-likeness (QED) is 0.584. The number of para-hydroxylation sites is 2. The minimum atomic E-state index is -3.59. The molecule has 2 aliphatic heterocycles. The van der Waals surface area contributed by atoms with E-state index in [9.17, 15) is 18.0 Å². The lowest BCUT2D eigenvalue weighted by molar-refractivity contribution is 0.0730. The lowest BCUT2D eigenvalue weighted by atomic mass is 9.97. The standard InChI is InChI=1S/C25H32N4O6S/c1-34-23-5-3-2-4-22(23)27-25(31)28-12-10-19(11-13-28)18-26-24(30)20-6-8-21(9-7-20)36(32,33)29-14-16-35-17-15-29/h2-9,19H,10-18H2,1H3,(H,26,30)(H,27,31). The van der Waals surface area contributed by atoms with Crippen LogP contribution in [0.3, 0.4) is 0 Å². The number of anilines is 1. The highest BCUT2D eigenvalue weighted by Crippen LogP contribution is 2.24. The molecule has 2 aromatic rings. The number of urea groups is 1. The Bertz CT molecular complexity index is 1160. The van der Waals surface area contributed by atoms with Gasteiger partial charge in [0, 0.05) is 38.3 Å². The second-order valence-electron chi connectivity index (χ2n) is 8.81. The Morgan fingerprint density at radius 2 is 1.67 bits per heavy atom. The number of nitrogens with zero attached hydrogens (tertiary/aromatic N) is 2. The summed E-state index contributed by atoms with van der Waals surface area (Å²) in [5, 5.41) is 5.83. The Hall–Kier alpha value is -3.15. The number of hydrogen-bond donors (Lipinski definition) is 2. The molecule has 0 aromatic heterocycles. The zero-order valence-corrected chi connectivity index (χ0v) is 21.1. The van der Waals surface area contributed by atoms with Crippen molar-refractivity contribution in [3.8, 4) is 5.75 Å². The number of rotatable bonds is 7. The second-order valence-corrected chi connectivity index (χ2v) is 10.7. The van der Waals surface area contributed by atoms with Gasteiger partial charge in [0.2, 0.25) is 10.0 Å². The van der Waals surface area contributed by atoms with E-state index in [1.54, 1.807) is 24.1 Å². The summed E-state index contributed by atoms with van der Waals surface area (Å²) in [5.74, 6) is 0.613. The van der Waals surface area contributed by atoms with Crippen molar-refractivity contribution in [2.24, 2.45) is 5.92 Å². The van der Waals surface area contributed by atoms with Gasteiger partial charge in [0.25, 0.3) is 5.91 Å². The molecular weight excluding hydrogens is 484 g/mol. The summed E-state index contributed by atoms with van der Waals surface area (Å²) >= 11 is 0. The summed E-state index contributed by atoms with van der Waals surface area (Å²) in [4.78, 5) is 27.2. The molecule has 0 unspecified atom stereocenters. The summed E-state index contributed by atoms with van der Waals surface area (Å²) < 4.78 is 37.4. The van der Waals surface area contributed by atoms with E-state index in [0.717, 1.165) is 12.8 Å². The first kappa shape index (κ1) is 25.9. The van der Waals surface area contributed by atoms with Gasteiger partial charge in [-0.25, -0.2) is 13.2 Å². The van der Waals surface area contributed by atoms with E-state index in [1.165, 1.54) is 28.6 Å². The predicted molar refractivity (Wildman–Crippen MR) is 135 cm³/mol. The van der Waals surface area contributed by atoms with Crippen molar-refractivity contribution < 1.29 is 27.5 Å². The molecule has 0 saturated carbocycles. The molecule has 0 bridgehead atoms. The molecule has 2 saturated heterocycles. The monoisotopic (exact) mass is 516 g/mol. The fraction of sp³-hybridized carbons (Fsp3) is 0.440. The molecule has 2 aromatic carbocycles. The number of benzene rings is 2. The fourth-order valence-electron chi connectivity index (χ4n) is 4.34. The second kappa shape index (κ2) is 11.7. The van der Waals surface area contributed by atoms with Crippen molar-refractivity contribution in [2.75, 3.05) is 58.4 Å². The van der Waals surface area contributed by atoms with Crippen LogP contribution in [0.15, 0.2) is 53.4 Å². The van der Waals surface area contributed by atoms with Gasteiger partial charge in [0.15, 0.2) is 0 Å². The predicted octanol–water partition coefficient (Wildman–Crippen LogP) is 2.39.